The van der Waals surface area contributed by atoms with Crippen LogP contribution in [0.2, 0.25) is 0 Å². The number of ether oxygens (including phenoxy) is 1. The van der Waals surface area contributed by atoms with Gasteiger partial charge >= 0.3 is 5.97 Å². The molecule has 1 aromatic heterocycles. The Balaban J connectivity index is 2.27. The maximum atomic E-state index is 13.8. The van der Waals surface area contributed by atoms with Gasteiger partial charge in [0.1, 0.15) is 17.5 Å². The summed E-state index contributed by atoms with van der Waals surface area (Å²) < 4.78 is 19.1. The van der Waals surface area contributed by atoms with Gasteiger partial charge in [0.2, 0.25) is 5.88 Å². The molecule has 2 rings (SSSR count). The highest BCUT2D eigenvalue weighted by molar-refractivity contribution is 5.88. The number of nitrogens with zero attached hydrogens (tertiary/aromatic N) is 2. The fraction of sp³-hybridized carbons (Fsp3) is 0.214. The van der Waals surface area contributed by atoms with Crippen LogP contribution in [0.5, 0.6) is 5.88 Å². The molecule has 6 nitrogen and oxygen atoms in total. The number of benzene rings is 1. The minimum atomic E-state index is -1.18. The van der Waals surface area contributed by atoms with Crippen LogP contribution < -0.4 is 10.1 Å². The van der Waals surface area contributed by atoms with Gasteiger partial charge < -0.3 is 15.2 Å². The molecule has 110 valence electrons. The molecule has 0 aliphatic heterocycles. The van der Waals surface area contributed by atoms with Gasteiger partial charge in [-0.25, -0.2) is 14.2 Å². The number of anilines is 2. The van der Waals surface area contributed by atoms with E-state index in [0.29, 0.717) is 24.1 Å². The van der Waals surface area contributed by atoms with E-state index in [1.807, 2.05) is 6.92 Å². The summed E-state index contributed by atoms with van der Waals surface area (Å²) in [5, 5.41) is 11.6. The van der Waals surface area contributed by atoms with Crippen LogP contribution in [-0.4, -0.2) is 27.7 Å². The lowest BCUT2D eigenvalue weighted by Gasteiger charge is -2.10. The van der Waals surface area contributed by atoms with E-state index >= 15 is 0 Å². The topological polar surface area (TPSA) is 84.3 Å². The molecule has 0 radical (unpaired) electrons. The lowest BCUT2D eigenvalue weighted by Crippen LogP contribution is -2.03. The summed E-state index contributed by atoms with van der Waals surface area (Å²) in [6.07, 6.45) is 0. The van der Waals surface area contributed by atoms with Gasteiger partial charge in [-0.2, -0.15) is 4.98 Å². The quantitative estimate of drug-likeness (QED) is 0.881. The van der Waals surface area contributed by atoms with Crippen LogP contribution >= 0.6 is 0 Å². The Morgan fingerprint density at radius 2 is 2.14 bits per heavy atom. The highest BCUT2D eigenvalue weighted by Crippen LogP contribution is 2.22. The Labute approximate surface area is 120 Å². The highest BCUT2D eigenvalue weighted by Gasteiger charge is 2.10. The number of carboxylic acids is 1. The summed E-state index contributed by atoms with van der Waals surface area (Å²) in [7, 11) is 0. The largest absolute Gasteiger partial charge is 0.478 e. The summed E-state index contributed by atoms with van der Waals surface area (Å²) in [5.74, 6) is -0.630. The second-order valence-corrected chi connectivity index (χ2v) is 4.20. The van der Waals surface area contributed by atoms with Crippen molar-refractivity contribution in [3.05, 3.63) is 41.5 Å². The predicted molar refractivity (Wildman–Crippen MR) is 74.6 cm³/mol. The van der Waals surface area contributed by atoms with Gasteiger partial charge in [-0.1, -0.05) is 0 Å². The minimum absolute atomic E-state index is 0.119. The van der Waals surface area contributed by atoms with Gasteiger partial charge in [0, 0.05) is 6.07 Å². The third kappa shape index (κ3) is 3.65. The summed E-state index contributed by atoms with van der Waals surface area (Å²) in [5.41, 5.74) is 0.00692. The fourth-order valence-corrected chi connectivity index (χ4v) is 1.71. The molecule has 0 bridgehead atoms. The first-order valence-electron chi connectivity index (χ1n) is 6.28. The molecule has 0 saturated heterocycles. The fourth-order valence-electron chi connectivity index (χ4n) is 1.71. The van der Waals surface area contributed by atoms with Gasteiger partial charge in [-0.3, -0.25) is 0 Å². The maximum Gasteiger partial charge on any atom is 0.335 e. The molecular weight excluding hydrogens is 277 g/mol. The first-order chi connectivity index (χ1) is 9.99. The molecule has 0 atom stereocenters. The van der Waals surface area contributed by atoms with E-state index in [4.69, 9.17) is 9.84 Å². The molecule has 1 heterocycles. The Hall–Kier alpha value is -2.70. The predicted octanol–water partition coefficient (Wildman–Crippen LogP) is 2.76. The second-order valence-electron chi connectivity index (χ2n) is 4.20. The van der Waals surface area contributed by atoms with Crippen LogP contribution in [0.25, 0.3) is 0 Å². The number of hydrogen-bond acceptors (Lipinski definition) is 5. The second kappa shape index (κ2) is 6.17. The molecule has 0 unspecified atom stereocenters. The van der Waals surface area contributed by atoms with Crippen LogP contribution in [-0.2, 0) is 0 Å². The number of aryl methyl sites for hydroxylation is 1. The third-order valence-electron chi connectivity index (χ3n) is 2.59. The van der Waals surface area contributed by atoms with Crippen molar-refractivity contribution in [1.82, 2.24) is 9.97 Å². The SMILES string of the molecule is CCOc1cc(Nc2ccc(C(=O)O)cc2F)nc(C)n1. The Morgan fingerprint density at radius 1 is 1.38 bits per heavy atom. The Morgan fingerprint density at radius 3 is 2.76 bits per heavy atom. The van der Waals surface area contributed by atoms with Gasteiger partial charge in [0.15, 0.2) is 0 Å². The summed E-state index contributed by atoms with van der Waals surface area (Å²) in [6, 6.07) is 5.14. The van der Waals surface area contributed by atoms with Crippen LogP contribution in [0.4, 0.5) is 15.9 Å². The number of carbonyl (C=O) groups is 1. The van der Waals surface area contributed by atoms with Crippen LogP contribution in [0.1, 0.15) is 23.1 Å². The first kappa shape index (κ1) is 14.7. The molecule has 2 N–H and O–H groups in total. The van der Waals surface area contributed by atoms with Crippen molar-refractivity contribution in [1.29, 1.82) is 0 Å². The lowest BCUT2D eigenvalue weighted by molar-refractivity contribution is 0.0696. The Kier molecular flexibility index (Phi) is 4.32. The van der Waals surface area contributed by atoms with Crippen molar-refractivity contribution in [2.75, 3.05) is 11.9 Å². The zero-order chi connectivity index (χ0) is 15.4. The molecule has 0 fully saturated rings. The number of hydrogen-bond donors (Lipinski definition) is 2. The van der Waals surface area contributed by atoms with E-state index in [9.17, 15) is 9.18 Å². The zero-order valence-corrected chi connectivity index (χ0v) is 11.6. The summed E-state index contributed by atoms with van der Waals surface area (Å²) in [6.45, 7) is 3.98. The van der Waals surface area contributed by atoms with Crippen molar-refractivity contribution in [2.45, 2.75) is 13.8 Å². The molecule has 21 heavy (non-hydrogen) atoms. The van der Waals surface area contributed by atoms with E-state index in [1.54, 1.807) is 13.0 Å². The summed E-state index contributed by atoms with van der Waals surface area (Å²) >= 11 is 0. The monoisotopic (exact) mass is 291 g/mol. The van der Waals surface area contributed by atoms with Crippen molar-refractivity contribution >= 4 is 17.5 Å². The normalized spacial score (nSPS) is 10.2. The molecule has 0 amide bonds. The molecule has 0 aliphatic carbocycles. The van der Waals surface area contributed by atoms with E-state index < -0.39 is 11.8 Å². The average Bonchev–Trinajstić information content (AvgIpc) is 2.40. The van der Waals surface area contributed by atoms with Crippen LogP contribution in [0.15, 0.2) is 24.3 Å². The highest BCUT2D eigenvalue weighted by atomic mass is 19.1. The molecule has 1 aromatic carbocycles. The third-order valence-corrected chi connectivity index (χ3v) is 2.59. The van der Waals surface area contributed by atoms with Crippen molar-refractivity contribution in [2.24, 2.45) is 0 Å². The standard InChI is InChI=1S/C14H14FN3O3/c1-3-21-13-7-12(16-8(2)17-13)18-11-5-4-9(14(19)20)6-10(11)15/h4-7H,3H2,1-2H3,(H,19,20)(H,16,17,18). The number of nitrogens with one attached hydrogen (secondary N) is 1. The van der Waals surface area contributed by atoms with Gasteiger partial charge in [-0.15, -0.1) is 0 Å². The molecule has 0 saturated carbocycles. The van der Waals surface area contributed by atoms with Crippen LogP contribution in [0.3, 0.4) is 0 Å². The minimum Gasteiger partial charge on any atom is -0.478 e. The number of halogens is 1. The molecule has 7 heteroatoms. The molecular formula is C14H14FN3O3. The number of aromatic carboxylic acids is 1. The smallest absolute Gasteiger partial charge is 0.335 e. The molecule has 0 aliphatic rings. The van der Waals surface area contributed by atoms with Crippen molar-refractivity contribution in [3.8, 4) is 5.88 Å². The number of rotatable bonds is 5. The zero-order valence-electron chi connectivity index (χ0n) is 11.6. The van der Waals surface area contributed by atoms with Crippen molar-refractivity contribution in [3.63, 3.8) is 0 Å². The summed E-state index contributed by atoms with van der Waals surface area (Å²) in [4.78, 5) is 19.0. The lowest BCUT2D eigenvalue weighted by atomic mass is 10.2. The van der Waals surface area contributed by atoms with E-state index in [1.165, 1.54) is 12.1 Å². The first-order valence-corrected chi connectivity index (χ1v) is 6.28. The average molecular weight is 291 g/mol. The van der Waals surface area contributed by atoms with E-state index in [-0.39, 0.29) is 11.3 Å². The van der Waals surface area contributed by atoms with E-state index in [0.717, 1.165) is 6.07 Å². The molecule has 0 spiro atoms. The molecule has 2 aromatic rings. The Bertz CT molecular complexity index is 677. The number of carboxylic acid groups (broad SMARTS) is 1. The van der Waals surface area contributed by atoms with Gasteiger partial charge in [-0.05, 0) is 32.0 Å². The van der Waals surface area contributed by atoms with Gasteiger partial charge in [0.25, 0.3) is 0 Å². The van der Waals surface area contributed by atoms with E-state index in [2.05, 4.69) is 15.3 Å². The number of aromatic nitrogens is 2. The van der Waals surface area contributed by atoms with Crippen LogP contribution in [0, 0.1) is 12.7 Å². The van der Waals surface area contributed by atoms with Gasteiger partial charge in [0.05, 0.1) is 17.9 Å². The maximum absolute atomic E-state index is 13.8. The van der Waals surface area contributed by atoms with Crippen molar-refractivity contribution < 1.29 is 19.0 Å².